The summed E-state index contributed by atoms with van der Waals surface area (Å²) in [6.45, 7) is 7.39. The zero-order valence-electron chi connectivity index (χ0n) is 17.4. The summed E-state index contributed by atoms with van der Waals surface area (Å²) in [4.78, 5) is 32.5. The third-order valence-corrected chi connectivity index (χ3v) is 5.80. The molecule has 8 heteroatoms. The molecular weight excluding hydrogens is 368 g/mol. The maximum atomic E-state index is 13.0. The van der Waals surface area contributed by atoms with Crippen LogP contribution in [0.15, 0.2) is 39.9 Å². The van der Waals surface area contributed by atoms with Crippen molar-refractivity contribution in [1.82, 2.24) is 24.0 Å². The van der Waals surface area contributed by atoms with Crippen molar-refractivity contribution < 1.29 is 0 Å². The molecule has 0 unspecified atom stereocenters. The van der Waals surface area contributed by atoms with Gasteiger partial charge in [0.25, 0.3) is 5.56 Å². The van der Waals surface area contributed by atoms with Crippen molar-refractivity contribution in [3.05, 3.63) is 56.7 Å². The molecule has 0 saturated carbocycles. The summed E-state index contributed by atoms with van der Waals surface area (Å²) in [7, 11) is 3.19. The number of nitrogens with zero attached hydrogens (tertiary/aromatic N) is 5. The second-order valence-corrected chi connectivity index (χ2v) is 8.11. The van der Waals surface area contributed by atoms with Crippen LogP contribution in [0.25, 0.3) is 11.2 Å². The molecule has 1 aliphatic rings. The molecule has 1 aromatic carbocycles. The Labute approximate surface area is 169 Å². The van der Waals surface area contributed by atoms with Gasteiger partial charge in [-0.15, -0.1) is 0 Å². The molecular formula is C21H28N6O2. The minimum atomic E-state index is -0.362. The van der Waals surface area contributed by atoms with Crippen LogP contribution in [0, 0.1) is 5.92 Å². The highest BCUT2D eigenvalue weighted by atomic mass is 16.2. The maximum absolute atomic E-state index is 13.0. The molecule has 8 nitrogen and oxygen atoms in total. The fourth-order valence-electron chi connectivity index (χ4n) is 4.00. The fourth-order valence-corrected chi connectivity index (χ4v) is 4.00. The first-order valence-corrected chi connectivity index (χ1v) is 10.1. The Morgan fingerprint density at radius 3 is 2.55 bits per heavy atom. The van der Waals surface area contributed by atoms with Crippen LogP contribution >= 0.6 is 0 Å². The van der Waals surface area contributed by atoms with Gasteiger partial charge in [-0.25, -0.2) is 4.79 Å². The van der Waals surface area contributed by atoms with E-state index < -0.39 is 0 Å². The zero-order chi connectivity index (χ0) is 20.7. The number of aromatic nitrogens is 4. The molecule has 3 heterocycles. The van der Waals surface area contributed by atoms with Crippen molar-refractivity contribution in [3.8, 4) is 0 Å². The number of aryl methyl sites for hydroxylation is 1. The predicted octanol–water partition coefficient (Wildman–Crippen LogP) is 0.916. The molecule has 0 bridgehead atoms. The van der Waals surface area contributed by atoms with Crippen LogP contribution in [0.4, 0.5) is 5.95 Å². The molecule has 1 saturated heterocycles. The topological polar surface area (TPSA) is 77.1 Å². The summed E-state index contributed by atoms with van der Waals surface area (Å²) in [6, 6.07) is 10.4. The first-order valence-electron chi connectivity index (χ1n) is 10.1. The van der Waals surface area contributed by atoms with E-state index in [9.17, 15) is 9.59 Å². The van der Waals surface area contributed by atoms with Crippen molar-refractivity contribution in [2.45, 2.75) is 26.4 Å². The molecule has 1 atom stereocenters. The van der Waals surface area contributed by atoms with Crippen molar-refractivity contribution in [3.63, 3.8) is 0 Å². The quantitative estimate of drug-likeness (QED) is 0.710. The normalized spacial score (nSPS) is 17.4. The minimum absolute atomic E-state index is 0.312. The number of nitrogens with one attached hydrogen (secondary N) is 1. The highest BCUT2D eigenvalue weighted by Gasteiger charge is 2.27. The third-order valence-electron chi connectivity index (χ3n) is 5.80. The van der Waals surface area contributed by atoms with Crippen LogP contribution in [0.5, 0.6) is 0 Å². The van der Waals surface area contributed by atoms with Gasteiger partial charge in [-0.1, -0.05) is 44.2 Å². The molecule has 4 rings (SSSR count). The van der Waals surface area contributed by atoms with E-state index in [1.54, 1.807) is 7.05 Å². The smallest absolute Gasteiger partial charge is 0.332 e. The Kier molecular flexibility index (Phi) is 5.04. The Balaban J connectivity index is 1.92. The SMILES string of the molecule is CC(C)[C@@H]1CN(c2nc3c(c(=O)n(C)c(=O)n3C)n2Cc2ccccc2)CCN1. The van der Waals surface area contributed by atoms with E-state index in [4.69, 9.17) is 4.98 Å². The fraction of sp³-hybridized carbons (Fsp3) is 0.476. The maximum Gasteiger partial charge on any atom is 0.332 e. The molecule has 0 aliphatic carbocycles. The van der Waals surface area contributed by atoms with E-state index in [1.165, 1.54) is 11.6 Å². The van der Waals surface area contributed by atoms with E-state index in [0.29, 0.717) is 29.7 Å². The predicted molar refractivity (Wildman–Crippen MR) is 115 cm³/mol. The molecule has 154 valence electrons. The number of fused-ring (bicyclic) bond motifs is 1. The van der Waals surface area contributed by atoms with Gasteiger partial charge in [0.15, 0.2) is 11.2 Å². The summed E-state index contributed by atoms with van der Waals surface area (Å²) in [5, 5.41) is 3.56. The second kappa shape index (κ2) is 7.51. The summed E-state index contributed by atoms with van der Waals surface area (Å²) in [6.07, 6.45) is 0. The van der Waals surface area contributed by atoms with Crippen molar-refractivity contribution in [2.24, 2.45) is 20.0 Å². The highest BCUT2D eigenvalue weighted by Crippen LogP contribution is 2.23. The van der Waals surface area contributed by atoms with Crippen LogP contribution < -0.4 is 21.5 Å². The molecule has 1 aliphatic heterocycles. The van der Waals surface area contributed by atoms with Gasteiger partial charge in [0, 0.05) is 39.8 Å². The largest absolute Gasteiger partial charge is 0.339 e. The first-order chi connectivity index (χ1) is 13.9. The molecule has 0 radical (unpaired) electrons. The summed E-state index contributed by atoms with van der Waals surface area (Å²) < 4.78 is 4.59. The van der Waals surface area contributed by atoms with E-state index in [1.807, 2.05) is 34.9 Å². The Hall–Kier alpha value is -2.87. The summed E-state index contributed by atoms with van der Waals surface area (Å²) in [5.41, 5.74) is 1.31. The Bertz CT molecular complexity index is 1140. The van der Waals surface area contributed by atoms with Crippen LogP contribution in [-0.4, -0.2) is 44.4 Å². The second-order valence-electron chi connectivity index (χ2n) is 8.11. The van der Waals surface area contributed by atoms with Crippen LogP contribution in [0.1, 0.15) is 19.4 Å². The number of benzene rings is 1. The number of hydrogen-bond donors (Lipinski definition) is 1. The third kappa shape index (κ3) is 3.37. The van der Waals surface area contributed by atoms with Crippen molar-refractivity contribution in [2.75, 3.05) is 24.5 Å². The van der Waals surface area contributed by atoms with Gasteiger partial charge >= 0.3 is 5.69 Å². The lowest BCUT2D eigenvalue weighted by molar-refractivity contribution is 0.365. The van der Waals surface area contributed by atoms with E-state index >= 15 is 0 Å². The summed E-state index contributed by atoms with van der Waals surface area (Å²) >= 11 is 0. The zero-order valence-corrected chi connectivity index (χ0v) is 17.4. The molecule has 1 N–H and O–H groups in total. The van der Waals surface area contributed by atoms with E-state index in [-0.39, 0.29) is 11.2 Å². The Morgan fingerprint density at radius 2 is 1.86 bits per heavy atom. The van der Waals surface area contributed by atoms with Gasteiger partial charge in [-0.2, -0.15) is 4.98 Å². The van der Waals surface area contributed by atoms with E-state index in [0.717, 1.165) is 35.7 Å². The van der Waals surface area contributed by atoms with Crippen molar-refractivity contribution >= 4 is 17.1 Å². The van der Waals surface area contributed by atoms with Crippen LogP contribution in [0.3, 0.4) is 0 Å². The van der Waals surface area contributed by atoms with Crippen molar-refractivity contribution in [1.29, 1.82) is 0 Å². The lowest BCUT2D eigenvalue weighted by atomic mass is 10.0. The van der Waals surface area contributed by atoms with Crippen LogP contribution in [0.2, 0.25) is 0 Å². The molecule has 0 amide bonds. The molecule has 0 spiro atoms. The molecule has 1 fully saturated rings. The molecule has 2 aromatic heterocycles. The average Bonchev–Trinajstić information content (AvgIpc) is 3.11. The van der Waals surface area contributed by atoms with Gasteiger partial charge in [-0.3, -0.25) is 18.5 Å². The Morgan fingerprint density at radius 1 is 1.14 bits per heavy atom. The van der Waals surface area contributed by atoms with Gasteiger partial charge in [-0.05, 0) is 11.5 Å². The standard InChI is InChI=1S/C21H28N6O2/c1-14(2)16-13-26(11-10-22-16)20-23-18-17(19(28)25(4)21(29)24(18)3)27(20)12-15-8-6-5-7-9-15/h5-9,14,16,22H,10-13H2,1-4H3/t16-/m0/s1. The number of rotatable bonds is 4. The van der Waals surface area contributed by atoms with Gasteiger partial charge in [0.2, 0.25) is 5.95 Å². The van der Waals surface area contributed by atoms with E-state index in [2.05, 4.69) is 24.1 Å². The lowest BCUT2D eigenvalue weighted by Gasteiger charge is -2.36. The van der Waals surface area contributed by atoms with Gasteiger partial charge < -0.3 is 10.2 Å². The minimum Gasteiger partial charge on any atom is -0.339 e. The van der Waals surface area contributed by atoms with Gasteiger partial charge in [0.1, 0.15) is 0 Å². The lowest BCUT2D eigenvalue weighted by Crippen LogP contribution is -2.53. The molecule has 29 heavy (non-hydrogen) atoms. The number of anilines is 1. The molecule has 3 aromatic rings. The van der Waals surface area contributed by atoms with Crippen LogP contribution in [-0.2, 0) is 20.6 Å². The first kappa shape index (κ1) is 19.4. The average molecular weight is 396 g/mol. The number of hydrogen-bond acceptors (Lipinski definition) is 5. The summed E-state index contributed by atoms with van der Waals surface area (Å²) in [5.74, 6) is 1.23. The monoisotopic (exact) mass is 396 g/mol. The number of imidazole rings is 1. The van der Waals surface area contributed by atoms with Gasteiger partial charge in [0.05, 0.1) is 6.54 Å². The highest BCUT2D eigenvalue weighted by molar-refractivity contribution is 5.75. The number of piperazine rings is 1.